The Morgan fingerprint density at radius 2 is 1.83 bits per heavy atom. The molecule has 3 rings (SSSR count). The molecule has 8 nitrogen and oxygen atoms in total. The van der Waals surface area contributed by atoms with Crippen LogP contribution in [0.5, 0.6) is 5.75 Å². The third-order valence-corrected chi connectivity index (χ3v) is 7.24. The predicted molar refractivity (Wildman–Crippen MR) is 109 cm³/mol. The summed E-state index contributed by atoms with van der Waals surface area (Å²) < 4.78 is 32.7. The number of rotatable bonds is 7. The van der Waals surface area contributed by atoms with Crippen molar-refractivity contribution in [1.29, 1.82) is 0 Å². The molecule has 156 valence electrons. The SMILES string of the molecule is CCOc1ccc(S(=O)(=O)N2CC[NH+]([C@H](C)c3cccc([N+](=O)[O-])c3)CC2)cc1. The Kier molecular flexibility index (Phi) is 6.51. The highest BCUT2D eigenvalue weighted by Crippen LogP contribution is 2.21. The first kappa shape index (κ1) is 21.2. The van der Waals surface area contributed by atoms with E-state index in [4.69, 9.17) is 4.74 Å². The number of non-ortho nitro benzene ring substituents is 1. The van der Waals surface area contributed by atoms with E-state index in [1.165, 1.54) is 15.3 Å². The van der Waals surface area contributed by atoms with Crippen molar-refractivity contribution in [3.8, 4) is 5.75 Å². The van der Waals surface area contributed by atoms with E-state index in [-0.39, 0.29) is 16.6 Å². The molecule has 1 aliphatic heterocycles. The van der Waals surface area contributed by atoms with Gasteiger partial charge in [-0.25, -0.2) is 8.42 Å². The first-order valence-corrected chi connectivity index (χ1v) is 11.1. The van der Waals surface area contributed by atoms with Crippen LogP contribution in [0.4, 0.5) is 5.69 Å². The van der Waals surface area contributed by atoms with Crippen LogP contribution in [0.2, 0.25) is 0 Å². The molecule has 0 radical (unpaired) electrons. The molecule has 0 amide bonds. The van der Waals surface area contributed by atoms with Gasteiger partial charge in [-0.15, -0.1) is 0 Å². The van der Waals surface area contributed by atoms with Gasteiger partial charge in [0.2, 0.25) is 10.0 Å². The van der Waals surface area contributed by atoms with Crippen LogP contribution < -0.4 is 9.64 Å². The number of nitro benzene ring substituents is 1. The normalized spacial score (nSPS) is 17.0. The number of nitro groups is 1. The maximum absolute atomic E-state index is 12.9. The summed E-state index contributed by atoms with van der Waals surface area (Å²) in [5.74, 6) is 0.645. The van der Waals surface area contributed by atoms with E-state index in [1.54, 1.807) is 36.4 Å². The predicted octanol–water partition coefficient (Wildman–Crippen LogP) is 1.64. The van der Waals surface area contributed by atoms with E-state index in [0.717, 1.165) is 5.56 Å². The molecule has 29 heavy (non-hydrogen) atoms. The molecule has 0 bridgehead atoms. The van der Waals surface area contributed by atoms with E-state index in [0.29, 0.717) is 38.5 Å². The van der Waals surface area contributed by atoms with Gasteiger partial charge in [0.05, 0.1) is 42.6 Å². The van der Waals surface area contributed by atoms with Gasteiger partial charge in [-0.05, 0) is 38.1 Å². The number of quaternary nitrogens is 1. The molecule has 1 aliphatic rings. The Morgan fingerprint density at radius 1 is 1.17 bits per heavy atom. The second-order valence-electron chi connectivity index (χ2n) is 7.04. The van der Waals surface area contributed by atoms with Crippen molar-refractivity contribution in [1.82, 2.24) is 4.31 Å². The maximum atomic E-state index is 12.9. The lowest BCUT2D eigenvalue weighted by molar-refractivity contribution is -0.933. The van der Waals surface area contributed by atoms with Crippen LogP contribution in [0.15, 0.2) is 53.4 Å². The highest BCUT2D eigenvalue weighted by molar-refractivity contribution is 7.89. The molecule has 1 N–H and O–H groups in total. The Morgan fingerprint density at radius 3 is 2.41 bits per heavy atom. The fourth-order valence-corrected chi connectivity index (χ4v) is 5.06. The monoisotopic (exact) mass is 420 g/mol. The zero-order valence-electron chi connectivity index (χ0n) is 16.6. The topological polar surface area (TPSA) is 94.2 Å². The third kappa shape index (κ3) is 4.75. The average molecular weight is 421 g/mol. The van der Waals surface area contributed by atoms with Gasteiger partial charge in [0.15, 0.2) is 0 Å². The molecule has 1 fully saturated rings. The summed E-state index contributed by atoms with van der Waals surface area (Å²) in [6.07, 6.45) is 0. The average Bonchev–Trinajstić information content (AvgIpc) is 2.74. The van der Waals surface area contributed by atoms with Gasteiger partial charge in [0, 0.05) is 17.7 Å². The van der Waals surface area contributed by atoms with Crippen LogP contribution in [0.1, 0.15) is 25.5 Å². The summed E-state index contributed by atoms with van der Waals surface area (Å²) in [6.45, 7) is 6.51. The van der Waals surface area contributed by atoms with Crippen LogP contribution in [0, 0.1) is 10.1 Å². The fraction of sp³-hybridized carbons (Fsp3) is 0.400. The Balaban J connectivity index is 1.66. The minimum Gasteiger partial charge on any atom is -0.494 e. The maximum Gasteiger partial charge on any atom is 0.269 e. The highest BCUT2D eigenvalue weighted by atomic mass is 32.2. The molecule has 2 aromatic carbocycles. The van der Waals surface area contributed by atoms with Crippen LogP contribution in [-0.4, -0.2) is 50.4 Å². The number of benzene rings is 2. The van der Waals surface area contributed by atoms with Crippen LogP contribution >= 0.6 is 0 Å². The first-order valence-electron chi connectivity index (χ1n) is 9.65. The number of hydrogen-bond donors (Lipinski definition) is 1. The minimum atomic E-state index is -3.55. The van der Waals surface area contributed by atoms with E-state index >= 15 is 0 Å². The second-order valence-corrected chi connectivity index (χ2v) is 8.98. The molecule has 1 saturated heterocycles. The molecule has 0 aromatic heterocycles. The third-order valence-electron chi connectivity index (χ3n) is 5.33. The summed E-state index contributed by atoms with van der Waals surface area (Å²) in [5, 5.41) is 11.0. The van der Waals surface area contributed by atoms with Gasteiger partial charge in [-0.1, -0.05) is 12.1 Å². The van der Waals surface area contributed by atoms with Gasteiger partial charge in [0.25, 0.3) is 5.69 Å². The Bertz CT molecular complexity index is 954. The smallest absolute Gasteiger partial charge is 0.269 e. The molecule has 0 saturated carbocycles. The molecule has 1 atom stereocenters. The zero-order valence-corrected chi connectivity index (χ0v) is 17.4. The lowest BCUT2D eigenvalue weighted by atomic mass is 10.1. The number of sulfonamides is 1. The zero-order chi connectivity index (χ0) is 21.0. The second kappa shape index (κ2) is 8.89. The number of nitrogens with zero attached hydrogens (tertiary/aromatic N) is 2. The van der Waals surface area contributed by atoms with Gasteiger partial charge in [-0.3, -0.25) is 10.1 Å². The Hall–Kier alpha value is -2.49. The van der Waals surface area contributed by atoms with Crippen LogP contribution in [0.3, 0.4) is 0 Å². The Labute approximate surface area is 170 Å². The molecule has 0 aliphatic carbocycles. The largest absolute Gasteiger partial charge is 0.494 e. The van der Waals surface area contributed by atoms with Crippen molar-refractivity contribution in [2.24, 2.45) is 0 Å². The summed E-state index contributed by atoms with van der Waals surface area (Å²) in [5.41, 5.74) is 0.961. The van der Waals surface area contributed by atoms with Crippen molar-refractivity contribution in [2.45, 2.75) is 24.8 Å². The standard InChI is InChI=1S/C20H25N3O5S/c1-3-28-19-7-9-20(10-8-19)29(26,27)22-13-11-21(12-14-22)16(2)17-5-4-6-18(15-17)23(24)25/h4-10,15-16H,3,11-14H2,1-2H3/p+1/t16-/m1/s1. The molecular weight excluding hydrogens is 394 g/mol. The quantitative estimate of drug-likeness (QED) is 0.543. The molecule has 9 heteroatoms. The number of piperazine rings is 1. The molecular formula is C20H26N3O5S+. The van der Waals surface area contributed by atoms with Gasteiger partial charge < -0.3 is 9.64 Å². The summed E-state index contributed by atoms with van der Waals surface area (Å²) in [6, 6.07) is 13.2. The fourth-order valence-electron chi connectivity index (χ4n) is 3.61. The van der Waals surface area contributed by atoms with Crippen molar-refractivity contribution in [3.05, 3.63) is 64.2 Å². The summed E-state index contributed by atoms with van der Waals surface area (Å²) in [7, 11) is -3.55. The van der Waals surface area contributed by atoms with Crippen molar-refractivity contribution in [3.63, 3.8) is 0 Å². The van der Waals surface area contributed by atoms with Gasteiger partial charge in [-0.2, -0.15) is 4.31 Å². The van der Waals surface area contributed by atoms with Gasteiger partial charge >= 0.3 is 0 Å². The lowest BCUT2D eigenvalue weighted by Crippen LogP contribution is -3.14. The van der Waals surface area contributed by atoms with Crippen molar-refractivity contribution < 1.29 is 23.0 Å². The van der Waals surface area contributed by atoms with Crippen molar-refractivity contribution >= 4 is 15.7 Å². The number of nitrogens with one attached hydrogen (secondary N) is 1. The molecule has 0 unspecified atom stereocenters. The van der Waals surface area contributed by atoms with Crippen molar-refractivity contribution in [2.75, 3.05) is 32.8 Å². The summed E-state index contributed by atoms with van der Waals surface area (Å²) >= 11 is 0. The highest BCUT2D eigenvalue weighted by Gasteiger charge is 2.33. The van der Waals surface area contributed by atoms with E-state index in [2.05, 4.69) is 0 Å². The molecule has 2 aromatic rings. The van der Waals surface area contributed by atoms with Crippen LogP contribution in [-0.2, 0) is 10.0 Å². The molecule has 1 heterocycles. The first-order chi connectivity index (χ1) is 13.8. The van der Waals surface area contributed by atoms with E-state index in [1.807, 2.05) is 19.9 Å². The van der Waals surface area contributed by atoms with E-state index in [9.17, 15) is 18.5 Å². The van der Waals surface area contributed by atoms with Crippen LogP contribution in [0.25, 0.3) is 0 Å². The minimum absolute atomic E-state index is 0.0465. The van der Waals surface area contributed by atoms with Gasteiger partial charge in [0.1, 0.15) is 11.8 Å². The summed E-state index contributed by atoms with van der Waals surface area (Å²) in [4.78, 5) is 12.1. The number of ether oxygens (including phenoxy) is 1. The number of hydrogen-bond acceptors (Lipinski definition) is 5. The molecule has 0 spiro atoms. The lowest BCUT2D eigenvalue weighted by Gasteiger charge is -2.34. The van der Waals surface area contributed by atoms with E-state index < -0.39 is 14.9 Å².